The Hall–Kier alpha value is -2.82. The van der Waals surface area contributed by atoms with E-state index in [4.69, 9.17) is 9.47 Å². The second-order valence-electron chi connectivity index (χ2n) is 4.91. The van der Waals surface area contributed by atoms with Crippen molar-refractivity contribution >= 4 is 17.5 Å². The molecule has 2 amide bonds. The molecule has 22 heavy (non-hydrogen) atoms. The molecule has 0 radical (unpaired) electrons. The molecule has 0 atom stereocenters. The monoisotopic (exact) mass is 297 g/mol. The Kier molecular flexibility index (Phi) is 3.55. The fourth-order valence-corrected chi connectivity index (χ4v) is 2.57. The molecule has 112 valence electrons. The van der Waals surface area contributed by atoms with Gasteiger partial charge < -0.3 is 9.47 Å². The topological polar surface area (TPSA) is 55.8 Å². The molecule has 0 saturated heterocycles. The number of anilines is 1. The van der Waals surface area contributed by atoms with E-state index in [-0.39, 0.29) is 18.2 Å². The lowest BCUT2D eigenvalue weighted by molar-refractivity contribution is -0.117. The lowest BCUT2D eigenvalue weighted by Gasteiger charge is -2.28. The summed E-state index contributed by atoms with van der Waals surface area (Å²) in [7, 11) is 3.05. The second kappa shape index (κ2) is 5.52. The predicted octanol–water partition coefficient (Wildman–Crippen LogP) is 2.43. The van der Waals surface area contributed by atoms with Gasteiger partial charge in [0.2, 0.25) is 5.91 Å². The first-order valence-electron chi connectivity index (χ1n) is 6.83. The van der Waals surface area contributed by atoms with Crippen LogP contribution in [0.25, 0.3) is 0 Å². The Balaban J connectivity index is 2.10. The summed E-state index contributed by atoms with van der Waals surface area (Å²) in [5.74, 6) is 0.429. The van der Waals surface area contributed by atoms with Crippen LogP contribution in [0.4, 0.5) is 5.69 Å². The maximum atomic E-state index is 12.8. The average molecular weight is 297 g/mol. The van der Waals surface area contributed by atoms with Gasteiger partial charge in [0.1, 0.15) is 11.5 Å². The van der Waals surface area contributed by atoms with Crippen molar-refractivity contribution in [2.24, 2.45) is 0 Å². The van der Waals surface area contributed by atoms with Crippen molar-refractivity contribution < 1.29 is 19.1 Å². The van der Waals surface area contributed by atoms with E-state index in [1.807, 2.05) is 0 Å². The molecule has 0 aromatic heterocycles. The largest absolute Gasteiger partial charge is 0.497 e. The van der Waals surface area contributed by atoms with Crippen molar-refractivity contribution in [3.63, 3.8) is 0 Å². The molecule has 1 aliphatic heterocycles. The van der Waals surface area contributed by atoms with Gasteiger partial charge in [-0.05, 0) is 29.8 Å². The second-order valence-corrected chi connectivity index (χ2v) is 4.91. The maximum Gasteiger partial charge on any atom is 0.265 e. The standard InChI is InChI=1S/C17H15NO4/c1-21-12-8-7-11-9-16(19)18(17(20)13(11)10-12)14-5-3-4-6-15(14)22-2/h3-8,10H,9H2,1-2H3. The molecule has 3 rings (SSSR count). The fourth-order valence-electron chi connectivity index (χ4n) is 2.57. The summed E-state index contributed by atoms with van der Waals surface area (Å²) in [4.78, 5) is 26.3. The number of amides is 2. The number of methoxy groups -OCH3 is 2. The van der Waals surface area contributed by atoms with Crippen LogP contribution in [0.1, 0.15) is 15.9 Å². The summed E-state index contributed by atoms with van der Waals surface area (Å²) < 4.78 is 10.4. The minimum Gasteiger partial charge on any atom is -0.497 e. The molecule has 2 aromatic rings. The smallest absolute Gasteiger partial charge is 0.265 e. The summed E-state index contributed by atoms with van der Waals surface area (Å²) in [6.07, 6.45) is 0.170. The highest BCUT2D eigenvalue weighted by atomic mass is 16.5. The molecule has 1 heterocycles. The Morgan fingerprint density at radius 3 is 2.50 bits per heavy atom. The fraction of sp³-hybridized carbons (Fsp3) is 0.176. The van der Waals surface area contributed by atoms with Crippen LogP contribution in [0.15, 0.2) is 42.5 Å². The van der Waals surface area contributed by atoms with Crippen LogP contribution < -0.4 is 14.4 Å². The van der Waals surface area contributed by atoms with Gasteiger partial charge in [-0.2, -0.15) is 0 Å². The van der Waals surface area contributed by atoms with Gasteiger partial charge in [-0.15, -0.1) is 0 Å². The third kappa shape index (κ3) is 2.20. The number of rotatable bonds is 3. The van der Waals surface area contributed by atoms with E-state index < -0.39 is 0 Å². The highest BCUT2D eigenvalue weighted by Crippen LogP contribution is 2.33. The number of hydrogen-bond acceptors (Lipinski definition) is 4. The van der Waals surface area contributed by atoms with Crippen molar-refractivity contribution in [1.82, 2.24) is 0 Å². The zero-order valence-corrected chi connectivity index (χ0v) is 12.3. The lowest BCUT2D eigenvalue weighted by atomic mass is 9.97. The zero-order valence-electron chi connectivity index (χ0n) is 12.3. The number of hydrogen-bond donors (Lipinski definition) is 0. The molecule has 0 unspecified atom stereocenters. The SMILES string of the molecule is COc1ccc2c(c1)C(=O)N(c1ccccc1OC)C(=O)C2. The lowest BCUT2D eigenvalue weighted by Crippen LogP contribution is -2.42. The summed E-state index contributed by atoms with van der Waals surface area (Å²) in [6, 6.07) is 12.1. The summed E-state index contributed by atoms with van der Waals surface area (Å²) >= 11 is 0. The first-order chi connectivity index (χ1) is 10.7. The summed E-state index contributed by atoms with van der Waals surface area (Å²) in [5, 5.41) is 0. The molecule has 5 nitrogen and oxygen atoms in total. The third-order valence-corrected chi connectivity index (χ3v) is 3.67. The number of para-hydroxylation sites is 2. The van der Waals surface area contributed by atoms with Crippen LogP contribution in [-0.2, 0) is 11.2 Å². The van der Waals surface area contributed by atoms with Gasteiger partial charge in [-0.3, -0.25) is 9.59 Å². The van der Waals surface area contributed by atoms with Gasteiger partial charge in [0.25, 0.3) is 5.91 Å². The van der Waals surface area contributed by atoms with E-state index in [0.717, 1.165) is 0 Å². The molecule has 1 aliphatic rings. The number of fused-ring (bicyclic) bond motifs is 1. The van der Waals surface area contributed by atoms with Crippen LogP contribution in [-0.4, -0.2) is 26.0 Å². The number of ether oxygens (including phenoxy) is 2. The van der Waals surface area contributed by atoms with E-state index in [2.05, 4.69) is 0 Å². The van der Waals surface area contributed by atoms with Crippen LogP contribution in [0, 0.1) is 0 Å². The molecule has 0 spiro atoms. The molecule has 0 fully saturated rings. The number of carbonyl (C=O) groups excluding carboxylic acids is 2. The Labute approximate surface area is 128 Å². The molecular weight excluding hydrogens is 282 g/mol. The molecule has 0 aliphatic carbocycles. The first-order valence-corrected chi connectivity index (χ1v) is 6.83. The Bertz CT molecular complexity index is 754. The van der Waals surface area contributed by atoms with Gasteiger partial charge >= 0.3 is 0 Å². The summed E-state index contributed by atoms with van der Waals surface area (Å²) in [5.41, 5.74) is 1.64. The van der Waals surface area contributed by atoms with Crippen molar-refractivity contribution in [2.75, 3.05) is 19.1 Å². The van der Waals surface area contributed by atoms with Crippen LogP contribution in [0.2, 0.25) is 0 Å². The predicted molar refractivity (Wildman–Crippen MR) is 81.5 cm³/mol. The average Bonchev–Trinajstić information content (AvgIpc) is 2.55. The summed E-state index contributed by atoms with van der Waals surface area (Å²) in [6.45, 7) is 0. The van der Waals surface area contributed by atoms with E-state index in [0.29, 0.717) is 28.3 Å². The highest BCUT2D eigenvalue weighted by molar-refractivity contribution is 6.25. The van der Waals surface area contributed by atoms with Crippen molar-refractivity contribution in [1.29, 1.82) is 0 Å². The minimum atomic E-state index is -0.366. The van der Waals surface area contributed by atoms with Crippen molar-refractivity contribution in [3.05, 3.63) is 53.6 Å². The number of benzene rings is 2. The van der Waals surface area contributed by atoms with E-state index in [9.17, 15) is 9.59 Å². The quantitative estimate of drug-likeness (QED) is 0.817. The maximum absolute atomic E-state index is 12.8. The molecule has 2 aromatic carbocycles. The van der Waals surface area contributed by atoms with E-state index >= 15 is 0 Å². The van der Waals surface area contributed by atoms with Gasteiger partial charge in [-0.1, -0.05) is 18.2 Å². The van der Waals surface area contributed by atoms with Gasteiger partial charge in [0.15, 0.2) is 0 Å². The van der Waals surface area contributed by atoms with E-state index in [1.54, 1.807) is 42.5 Å². The van der Waals surface area contributed by atoms with Gasteiger partial charge in [0.05, 0.1) is 26.3 Å². The van der Waals surface area contributed by atoms with Gasteiger partial charge in [0, 0.05) is 5.56 Å². The number of imide groups is 1. The molecule has 5 heteroatoms. The highest BCUT2D eigenvalue weighted by Gasteiger charge is 2.33. The van der Waals surface area contributed by atoms with Crippen molar-refractivity contribution in [2.45, 2.75) is 6.42 Å². The first kappa shape index (κ1) is 14.1. The number of carbonyl (C=O) groups is 2. The molecule has 0 bridgehead atoms. The molecular formula is C17H15NO4. The molecule has 0 saturated carbocycles. The number of nitrogens with zero attached hydrogens (tertiary/aromatic N) is 1. The Morgan fingerprint density at radius 1 is 1.00 bits per heavy atom. The van der Waals surface area contributed by atoms with Crippen LogP contribution in [0.5, 0.6) is 11.5 Å². The minimum absolute atomic E-state index is 0.170. The van der Waals surface area contributed by atoms with Crippen molar-refractivity contribution in [3.8, 4) is 11.5 Å². The third-order valence-electron chi connectivity index (χ3n) is 3.67. The van der Waals surface area contributed by atoms with Crippen LogP contribution in [0.3, 0.4) is 0 Å². The van der Waals surface area contributed by atoms with E-state index in [1.165, 1.54) is 19.1 Å². The normalized spacial score (nSPS) is 13.8. The van der Waals surface area contributed by atoms with Crippen LogP contribution >= 0.6 is 0 Å². The zero-order chi connectivity index (χ0) is 15.7. The molecule has 0 N–H and O–H groups in total. The Morgan fingerprint density at radius 2 is 1.77 bits per heavy atom. The van der Waals surface area contributed by atoms with Gasteiger partial charge in [-0.25, -0.2) is 4.90 Å².